The van der Waals surface area contributed by atoms with Crippen molar-refractivity contribution in [1.82, 2.24) is 0 Å². The number of hydrogen-bond donors (Lipinski definition) is 2. The molecule has 0 heterocycles. The van der Waals surface area contributed by atoms with Gasteiger partial charge in [-0.1, -0.05) is 0 Å². The first kappa shape index (κ1) is 11.4. The first-order valence-corrected chi connectivity index (χ1v) is 4.10. The first-order chi connectivity index (χ1) is 5.56. The third-order valence-corrected chi connectivity index (χ3v) is 1.61. The Balaban J connectivity index is 3.45. The predicted molar refractivity (Wildman–Crippen MR) is 44.9 cm³/mol. The number of rotatable bonds is 5. The van der Waals surface area contributed by atoms with Crippen LogP contribution in [-0.2, 0) is 9.53 Å². The van der Waals surface area contributed by atoms with Crippen LogP contribution in [0.5, 0.6) is 0 Å². The van der Waals surface area contributed by atoms with Gasteiger partial charge in [-0.2, -0.15) is 0 Å². The van der Waals surface area contributed by atoms with Gasteiger partial charge in [-0.05, 0) is 0 Å². The number of nitrogens with one attached hydrogen (secondary N) is 1. The molecular weight excluding hydrogens is 158 g/mol. The van der Waals surface area contributed by atoms with E-state index in [0.29, 0.717) is 6.42 Å². The first-order valence-electron chi connectivity index (χ1n) is 4.10. The van der Waals surface area contributed by atoms with Gasteiger partial charge in [0.2, 0.25) is 0 Å². The van der Waals surface area contributed by atoms with E-state index in [1.165, 1.54) is 12.0 Å². The topological polar surface area (TPSA) is 51.0 Å². The van der Waals surface area contributed by atoms with Crippen LogP contribution < -0.4 is 4.90 Å². The highest BCUT2D eigenvalue weighted by Gasteiger charge is 2.11. The Morgan fingerprint density at radius 2 is 2.17 bits per heavy atom. The fourth-order valence-electron chi connectivity index (χ4n) is 0.833. The van der Waals surface area contributed by atoms with Crippen LogP contribution in [0.25, 0.3) is 0 Å². The van der Waals surface area contributed by atoms with E-state index in [-0.39, 0.29) is 12.4 Å². The quantitative estimate of drug-likeness (QED) is 0.498. The summed E-state index contributed by atoms with van der Waals surface area (Å²) in [7, 11) is 5.34. The second-order valence-corrected chi connectivity index (χ2v) is 3.18. The molecule has 0 bridgehead atoms. The zero-order valence-electron chi connectivity index (χ0n) is 7.96. The monoisotopic (exact) mass is 176 g/mol. The lowest BCUT2D eigenvalue weighted by atomic mass is 10.2. The summed E-state index contributed by atoms with van der Waals surface area (Å²) in [6.45, 7) is 0.859. The van der Waals surface area contributed by atoms with E-state index in [2.05, 4.69) is 4.74 Å². The van der Waals surface area contributed by atoms with Crippen molar-refractivity contribution >= 4 is 5.97 Å². The summed E-state index contributed by atoms with van der Waals surface area (Å²) >= 11 is 0. The van der Waals surface area contributed by atoms with Crippen molar-refractivity contribution in [2.45, 2.75) is 18.9 Å². The number of methoxy groups -OCH3 is 1. The molecule has 0 saturated heterocycles. The van der Waals surface area contributed by atoms with Gasteiger partial charge in [-0.25, -0.2) is 0 Å². The van der Waals surface area contributed by atoms with E-state index >= 15 is 0 Å². The molecule has 12 heavy (non-hydrogen) atoms. The number of aliphatic hydroxyl groups is 1. The van der Waals surface area contributed by atoms with E-state index < -0.39 is 6.10 Å². The standard InChI is InChI=1S/C8H17NO3/c1-9(2)5-4-7(10)6-8(11)12-3/h7,10H,4-6H2,1-3H3/p+1/t7-/m0/s1. The molecule has 0 spiro atoms. The molecule has 72 valence electrons. The second-order valence-electron chi connectivity index (χ2n) is 3.18. The second kappa shape index (κ2) is 5.97. The Morgan fingerprint density at radius 3 is 2.58 bits per heavy atom. The smallest absolute Gasteiger partial charge is 0.308 e. The fourth-order valence-corrected chi connectivity index (χ4v) is 0.833. The Bertz CT molecular complexity index is 136. The molecule has 4 heteroatoms. The third kappa shape index (κ3) is 6.12. The molecule has 0 aromatic rings. The van der Waals surface area contributed by atoms with Crippen molar-refractivity contribution < 1.29 is 19.5 Å². The highest BCUT2D eigenvalue weighted by atomic mass is 16.5. The number of hydrogen-bond acceptors (Lipinski definition) is 3. The number of quaternary nitrogens is 1. The molecule has 1 atom stereocenters. The molecule has 0 aromatic heterocycles. The average molecular weight is 176 g/mol. The highest BCUT2D eigenvalue weighted by Crippen LogP contribution is 1.96. The lowest BCUT2D eigenvalue weighted by Gasteiger charge is -2.11. The van der Waals surface area contributed by atoms with Crippen molar-refractivity contribution in [3.05, 3.63) is 0 Å². The molecule has 4 nitrogen and oxygen atoms in total. The molecule has 0 unspecified atom stereocenters. The molecule has 0 radical (unpaired) electrons. The molecule has 0 aliphatic carbocycles. The van der Waals surface area contributed by atoms with Crippen LogP contribution in [0.4, 0.5) is 0 Å². The number of carbonyl (C=O) groups is 1. The normalized spacial score (nSPS) is 13.1. The van der Waals surface area contributed by atoms with Crippen LogP contribution >= 0.6 is 0 Å². The molecule has 2 N–H and O–H groups in total. The van der Waals surface area contributed by atoms with Gasteiger partial charge in [0.25, 0.3) is 0 Å². The maximum Gasteiger partial charge on any atom is 0.308 e. The van der Waals surface area contributed by atoms with Crippen molar-refractivity contribution in [3.8, 4) is 0 Å². The van der Waals surface area contributed by atoms with Crippen molar-refractivity contribution in [3.63, 3.8) is 0 Å². The Hall–Kier alpha value is -0.610. The van der Waals surface area contributed by atoms with Crippen LogP contribution in [0.2, 0.25) is 0 Å². The maximum atomic E-state index is 10.7. The summed E-state index contributed by atoms with van der Waals surface area (Å²) in [5.41, 5.74) is 0. The largest absolute Gasteiger partial charge is 0.469 e. The lowest BCUT2D eigenvalue weighted by Crippen LogP contribution is -3.05. The SMILES string of the molecule is COC(=O)C[C@@H](O)CC[NH+](C)C. The minimum atomic E-state index is -0.563. The molecule has 0 saturated carbocycles. The van der Waals surface area contributed by atoms with Gasteiger partial charge in [0.15, 0.2) is 0 Å². The van der Waals surface area contributed by atoms with E-state index in [0.717, 1.165) is 6.54 Å². The number of aliphatic hydroxyl groups excluding tert-OH is 1. The van der Waals surface area contributed by atoms with Crippen LogP contribution in [0.3, 0.4) is 0 Å². The predicted octanol–water partition coefficient (Wildman–Crippen LogP) is -1.55. The molecule has 0 fully saturated rings. The summed E-state index contributed by atoms with van der Waals surface area (Å²) in [6.07, 6.45) is 0.175. The average Bonchev–Trinajstić information content (AvgIpc) is 2.00. The molecule has 0 aromatic carbocycles. The van der Waals surface area contributed by atoms with Gasteiger partial charge < -0.3 is 14.7 Å². The van der Waals surface area contributed by atoms with E-state index in [4.69, 9.17) is 0 Å². The highest BCUT2D eigenvalue weighted by molar-refractivity contribution is 5.69. The van der Waals surface area contributed by atoms with Gasteiger partial charge in [0.05, 0.1) is 40.3 Å². The van der Waals surface area contributed by atoms with Crippen LogP contribution in [0.15, 0.2) is 0 Å². The van der Waals surface area contributed by atoms with Crippen molar-refractivity contribution in [1.29, 1.82) is 0 Å². The van der Waals surface area contributed by atoms with Crippen molar-refractivity contribution in [2.24, 2.45) is 0 Å². The summed E-state index contributed by atoms with van der Waals surface area (Å²) < 4.78 is 4.42. The summed E-state index contributed by atoms with van der Waals surface area (Å²) in [6, 6.07) is 0. The van der Waals surface area contributed by atoms with Gasteiger partial charge in [0, 0.05) is 6.42 Å². The summed E-state index contributed by atoms with van der Waals surface area (Å²) in [5.74, 6) is -0.351. The molecule has 0 rings (SSSR count). The maximum absolute atomic E-state index is 10.7. The minimum absolute atomic E-state index is 0.101. The van der Waals surface area contributed by atoms with Gasteiger partial charge >= 0.3 is 5.97 Å². The van der Waals surface area contributed by atoms with Gasteiger partial charge in [0.1, 0.15) is 0 Å². The fraction of sp³-hybridized carbons (Fsp3) is 0.875. The molecule has 0 amide bonds. The summed E-state index contributed by atoms with van der Waals surface area (Å²) in [5, 5.41) is 9.29. The lowest BCUT2D eigenvalue weighted by molar-refractivity contribution is -0.858. The number of esters is 1. The van der Waals surface area contributed by atoms with Crippen LogP contribution in [-0.4, -0.2) is 44.9 Å². The third-order valence-electron chi connectivity index (χ3n) is 1.61. The Labute approximate surface area is 73.1 Å². The summed E-state index contributed by atoms with van der Waals surface area (Å²) in [4.78, 5) is 11.9. The minimum Gasteiger partial charge on any atom is -0.469 e. The van der Waals surface area contributed by atoms with Crippen LogP contribution in [0.1, 0.15) is 12.8 Å². The van der Waals surface area contributed by atoms with E-state index in [1.807, 2.05) is 14.1 Å². The van der Waals surface area contributed by atoms with E-state index in [9.17, 15) is 9.90 Å². The van der Waals surface area contributed by atoms with Crippen molar-refractivity contribution in [2.75, 3.05) is 27.7 Å². The number of carbonyl (C=O) groups excluding carboxylic acids is 1. The molecular formula is C8H18NO3+. The Kier molecular flexibility index (Phi) is 5.66. The van der Waals surface area contributed by atoms with Crippen LogP contribution in [0, 0.1) is 0 Å². The molecule has 0 aliphatic rings. The van der Waals surface area contributed by atoms with Gasteiger partial charge in [-0.15, -0.1) is 0 Å². The zero-order valence-corrected chi connectivity index (χ0v) is 7.96. The Morgan fingerprint density at radius 1 is 1.58 bits per heavy atom. The molecule has 0 aliphatic heterocycles. The number of ether oxygens (including phenoxy) is 1. The zero-order chi connectivity index (χ0) is 9.56. The van der Waals surface area contributed by atoms with E-state index in [1.54, 1.807) is 0 Å². The van der Waals surface area contributed by atoms with Gasteiger partial charge in [-0.3, -0.25) is 4.79 Å².